The van der Waals surface area contributed by atoms with Crippen LogP contribution in [0.5, 0.6) is 0 Å². The van der Waals surface area contributed by atoms with E-state index >= 15 is 0 Å². The minimum absolute atomic E-state index is 0.0682. The molecular formula is C13H17N3O4. The summed E-state index contributed by atoms with van der Waals surface area (Å²) in [4.78, 5) is 27.3. The SMILES string of the molecule is O=C(NC[C@H]1CCCO1)c1coc(NC(=O)C2CC2)n1. The van der Waals surface area contributed by atoms with Crippen molar-refractivity contribution in [1.82, 2.24) is 10.3 Å². The molecule has 2 heterocycles. The molecule has 1 aliphatic carbocycles. The summed E-state index contributed by atoms with van der Waals surface area (Å²) in [6.45, 7) is 1.22. The minimum Gasteiger partial charge on any atom is -0.431 e. The summed E-state index contributed by atoms with van der Waals surface area (Å²) < 4.78 is 10.5. The number of oxazole rings is 1. The Labute approximate surface area is 116 Å². The maximum absolute atomic E-state index is 11.8. The largest absolute Gasteiger partial charge is 0.431 e. The third-order valence-electron chi connectivity index (χ3n) is 3.43. The Morgan fingerprint density at radius 2 is 2.20 bits per heavy atom. The highest BCUT2D eigenvalue weighted by Crippen LogP contribution is 2.30. The fourth-order valence-corrected chi connectivity index (χ4v) is 2.09. The molecule has 20 heavy (non-hydrogen) atoms. The smallest absolute Gasteiger partial charge is 0.302 e. The van der Waals surface area contributed by atoms with Crippen LogP contribution < -0.4 is 10.6 Å². The molecule has 2 aliphatic rings. The van der Waals surface area contributed by atoms with Crippen molar-refractivity contribution in [3.8, 4) is 0 Å². The lowest BCUT2D eigenvalue weighted by Crippen LogP contribution is -2.31. The van der Waals surface area contributed by atoms with Crippen molar-refractivity contribution in [2.45, 2.75) is 31.8 Å². The number of nitrogens with one attached hydrogen (secondary N) is 2. The monoisotopic (exact) mass is 279 g/mol. The molecule has 7 nitrogen and oxygen atoms in total. The average Bonchev–Trinajstić information content (AvgIpc) is 2.98. The van der Waals surface area contributed by atoms with E-state index in [9.17, 15) is 9.59 Å². The molecule has 0 radical (unpaired) electrons. The molecular weight excluding hydrogens is 262 g/mol. The fourth-order valence-electron chi connectivity index (χ4n) is 2.09. The van der Waals surface area contributed by atoms with Crippen molar-refractivity contribution >= 4 is 17.8 Å². The molecule has 7 heteroatoms. The van der Waals surface area contributed by atoms with Crippen LogP contribution in [0.4, 0.5) is 6.01 Å². The molecule has 1 aliphatic heterocycles. The first-order valence-corrected chi connectivity index (χ1v) is 6.88. The predicted octanol–water partition coefficient (Wildman–Crippen LogP) is 0.932. The Morgan fingerprint density at radius 3 is 2.90 bits per heavy atom. The molecule has 0 spiro atoms. The summed E-state index contributed by atoms with van der Waals surface area (Å²) in [7, 11) is 0. The van der Waals surface area contributed by atoms with Crippen LogP contribution in [0, 0.1) is 5.92 Å². The van der Waals surface area contributed by atoms with Crippen LogP contribution in [-0.4, -0.2) is 36.1 Å². The zero-order chi connectivity index (χ0) is 13.9. The third kappa shape index (κ3) is 3.16. The number of anilines is 1. The first-order chi connectivity index (χ1) is 9.72. The first kappa shape index (κ1) is 13.1. The van der Waals surface area contributed by atoms with Gasteiger partial charge in [0.1, 0.15) is 6.26 Å². The summed E-state index contributed by atoms with van der Waals surface area (Å²) in [6.07, 6.45) is 5.12. The zero-order valence-electron chi connectivity index (χ0n) is 11.1. The maximum atomic E-state index is 11.8. The Balaban J connectivity index is 1.49. The molecule has 2 amide bonds. The van der Waals surface area contributed by atoms with E-state index in [2.05, 4.69) is 15.6 Å². The van der Waals surface area contributed by atoms with Crippen LogP contribution in [0.2, 0.25) is 0 Å². The van der Waals surface area contributed by atoms with Crippen molar-refractivity contribution in [1.29, 1.82) is 0 Å². The lowest BCUT2D eigenvalue weighted by Gasteiger charge is -2.09. The second kappa shape index (κ2) is 5.62. The number of hydrogen-bond acceptors (Lipinski definition) is 5. The molecule has 2 N–H and O–H groups in total. The van der Waals surface area contributed by atoms with Gasteiger partial charge in [0, 0.05) is 19.1 Å². The molecule has 0 unspecified atom stereocenters. The summed E-state index contributed by atoms with van der Waals surface area (Å²) in [5, 5.41) is 5.30. The number of aromatic nitrogens is 1. The molecule has 3 rings (SSSR count). The van der Waals surface area contributed by atoms with E-state index in [1.807, 2.05) is 0 Å². The van der Waals surface area contributed by atoms with Gasteiger partial charge in [0.15, 0.2) is 5.69 Å². The topological polar surface area (TPSA) is 93.5 Å². The van der Waals surface area contributed by atoms with Crippen molar-refractivity contribution in [2.75, 3.05) is 18.5 Å². The highest BCUT2D eigenvalue weighted by molar-refractivity contribution is 5.94. The summed E-state index contributed by atoms with van der Waals surface area (Å²) in [6, 6.07) is 0.0733. The molecule has 1 aromatic rings. The van der Waals surface area contributed by atoms with Crippen LogP contribution in [0.25, 0.3) is 0 Å². The molecule has 1 aromatic heterocycles. The summed E-state index contributed by atoms with van der Waals surface area (Å²) in [5.74, 6) is -0.354. The molecule has 1 saturated carbocycles. The van der Waals surface area contributed by atoms with Gasteiger partial charge in [-0.3, -0.25) is 14.9 Å². The maximum Gasteiger partial charge on any atom is 0.302 e. The van der Waals surface area contributed by atoms with Crippen molar-refractivity contribution < 1.29 is 18.7 Å². The van der Waals surface area contributed by atoms with Crippen molar-refractivity contribution in [3.63, 3.8) is 0 Å². The van der Waals surface area contributed by atoms with Gasteiger partial charge >= 0.3 is 6.01 Å². The number of rotatable bonds is 5. The number of hydrogen-bond donors (Lipinski definition) is 2. The van der Waals surface area contributed by atoms with Crippen LogP contribution in [-0.2, 0) is 9.53 Å². The van der Waals surface area contributed by atoms with E-state index in [0.29, 0.717) is 6.54 Å². The van der Waals surface area contributed by atoms with Crippen LogP contribution in [0.15, 0.2) is 10.7 Å². The Kier molecular flexibility index (Phi) is 3.68. The zero-order valence-corrected chi connectivity index (χ0v) is 11.1. The Morgan fingerprint density at radius 1 is 1.35 bits per heavy atom. The predicted molar refractivity (Wildman–Crippen MR) is 69.2 cm³/mol. The van der Waals surface area contributed by atoms with Gasteiger partial charge in [0.2, 0.25) is 5.91 Å². The first-order valence-electron chi connectivity index (χ1n) is 6.88. The second-order valence-corrected chi connectivity index (χ2v) is 5.15. The second-order valence-electron chi connectivity index (χ2n) is 5.15. The molecule has 108 valence electrons. The normalized spacial score (nSPS) is 21.7. The van der Waals surface area contributed by atoms with Gasteiger partial charge in [-0.1, -0.05) is 0 Å². The van der Waals surface area contributed by atoms with Gasteiger partial charge in [0.05, 0.1) is 6.10 Å². The third-order valence-corrected chi connectivity index (χ3v) is 3.43. The number of carbonyl (C=O) groups excluding carboxylic acids is 2. The highest BCUT2D eigenvalue weighted by atomic mass is 16.5. The average molecular weight is 279 g/mol. The molecule has 0 aromatic carbocycles. The van der Waals surface area contributed by atoms with E-state index in [1.54, 1.807) is 0 Å². The highest BCUT2D eigenvalue weighted by Gasteiger charge is 2.30. The standard InChI is InChI=1S/C13H17N3O4/c17-11(8-3-4-8)16-13-15-10(7-20-13)12(18)14-6-9-2-1-5-19-9/h7-9H,1-6H2,(H,14,18)(H,15,16,17)/t9-/m1/s1. The van der Waals surface area contributed by atoms with E-state index in [4.69, 9.17) is 9.15 Å². The quantitative estimate of drug-likeness (QED) is 0.836. The van der Waals surface area contributed by atoms with Gasteiger partial charge in [-0.05, 0) is 25.7 Å². The summed E-state index contributed by atoms with van der Waals surface area (Å²) >= 11 is 0. The number of ether oxygens (including phenoxy) is 1. The summed E-state index contributed by atoms with van der Waals surface area (Å²) in [5.41, 5.74) is 0.161. The number of nitrogens with zero attached hydrogens (tertiary/aromatic N) is 1. The van der Waals surface area contributed by atoms with Crippen molar-refractivity contribution in [2.24, 2.45) is 5.92 Å². The van der Waals surface area contributed by atoms with Crippen molar-refractivity contribution in [3.05, 3.63) is 12.0 Å². The van der Waals surface area contributed by atoms with E-state index < -0.39 is 0 Å². The van der Waals surface area contributed by atoms with Gasteiger partial charge in [0.25, 0.3) is 5.91 Å². The molecule has 1 saturated heterocycles. The van der Waals surface area contributed by atoms with Crippen LogP contribution >= 0.6 is 0 Å². The molecule has 1 atom stereocenters. The van der Waals surface area contributed by atoms with E-state index in [0.717, 1.165) is 32.3 Å². The van der Waals surface area contributed by atoms with Gasteiger partial charge in [-0.2, -0.15) is 4.98 Å². The Bertz CT molecular complexity index is 503. The lowest BCUT2D eigenvalue weighted by atomic mass is 10.2. The number of amides is 2. The fraction of sp³-hybridized carbons (Fsp3) is 0.615. The van der Waals surface area contributed by atoms with Crippen LogP contribution in [0.3, 0.4) is 0 Å². The Hall–Kier alpha value is -1.89. The van der Waals surface area contributed by atoms with Gasteiger partial charge in [-0.25, -0.2) is 0 Å². The van der Waals surface area contributed by atoms with E-state index in [1.165, 1.54) is 6.26 Å². The molecule has 0 bridgehead atoms. The van der Waals surface area contributed by atoms with Gasteiger partial charge in [-0.15, -0.1) is 0 Å². The van der Waals surface area contributed by atoms with Crippen LogP contribution in [0.1, 0.15) is 36.2 Å². The van der Waals surface area contributed by atoms with Gasteiger partial charge < -0.3 is 14.5 Å². The van der Waals surface area contributed by atoms with E-state index in [-0.39, 0.29) is 35.5 Å². The molecule has 2 fully saturated rings. The minimum atomic E-state index is -0.323. The lowest BCUT2D eigenvalue weighted by molar-refractivity contribution is -0.117. The number of carbonyl (C=O) groups is 2.